The maximum atomic E-state index is 12.4. The molecule has 0 aromatic heterocycles. The van der Waals surface area contributed by atoms with E-state index in [-0.39, 0.29) is 6.61 Å². The van der Waals surface area contributed by atoms with Crippen LogP contribution >= 0.6 is 0 Å². The molecule has 5 heteroatoms. The average molecular weight is 262 g/mol. The van der Waals surface area contributed by atoms with Crippen molar-refractivity contribution in [1.82, 2.24) is 4.90 Å². The fourth-order valence-corrected chi connectivity index (χ4v) is 1.87. The molecule has 18 heavy (non-hydrogen) atoms. The summed E-state index contributed by atoms with van der Waals surface area (Å²) in [6.45, 7) is 6.87. The molecule has 1 N–H and O–H groups in total. The number of nitrogens with zero attached hydrogens (tertiary/aromatic N) is 1. The molecule has 5 nitrogen and oxygen atoms in total. The number of hydrogen-bond donors (Lipinski definition) is 1. The lowest BCUT2D eigenvalue weighted by Crippen LogP contribution is -2.56. The van der Waals surface area contributed by atoms with Gasteiger partial charge in [-0.25, -0.2) is 4.79 Å². The lowest BCUT2D eigenvalue weighted by molar-refractivity contribution is -0.0757. The first-order chi connectivity index (χ1) is 9.09. The van der Waals surface area contributed by atoms with Crippen LogP contribution in [0.25, 0.3) is 0 Å². The standard InChI is InChI=1S/C13H25NO4/c1-11(2,3)18-10(15)14-9(12(4,5)16)8-17-13(14,6)7/h9,16H,8H2,1-7H3/t9-/m1/s1/i4D3/t9-,12-. The first-order valence-electron chi connectivity index (χ1n) is 7.48. The topological polar surface area (TPSA) is 59.0 Å². The largest absolute Gasteiger partial charge is 0.444 e. The van der Waals surface area contributed by atoms with Gasteiger partial charge in [0.15, 0.2) is 0 Å². The second-order valence-electron chi connectivity index (χ2n) is 6.27. The highest BCUT2D eigenvalue weighted by atomic mass is 16.6. The molecule has 0 saturated carbocycles. The summed E-state index contributed by atoms with van der Waals surface area (Å²) in [7, 11) is 0. The molecular weight excluding hydrogens is 234 g/mol. The number of carbonyl (C=O) groups excluding carboxylic acids is 1. The predicted molar refractivity (Wildman–Crippen MR) is 68.2 cm³/mol. The van der Waals surface area contributed by atoms with Crippen LogP contribution in [0, 0.1) is 0 Å². The Labute approximate surface area is 113 Å². The van der Waals surface area contributed by atoms with E-state index >= 15 is 0 Å². The number of amides is 1. The van der Waals surface area contributed by atoms with Crippen molar-refractivity contribution in [1.29, 1.82) is 0 Å². The number of rotatable bonds is 1. The minimum absolute atomic E-state index is 0.0718. The van der Waals surface area contributed by atoms with Gasteiger partial charge in [-0.2, -0.15) is 0 Å². The van der Waals surface area contributed by atoms with Crippen molar-refractivity contribution >= 4 is 6.09 Å². The van der Waals surface area contributed by atoms with E-state index < -0.39 is 35.9 Å². The monoisotopic (exact) mass is 262 g/mol. The molecule has 0 radical (unpaired) electrons. The minimum atomic E-state index is -2.65. The van der Waals surface area contributed by atoms with Crippen LogP contribution in [0.15, 0.2) is 0 Å². The normalized spacial score (nSPS) is 30.1. The van der Waals surface area contributed by atoms with E-state index in [9.17, 15) is 9.90 Å². The fraction of sp³-hybridized carbons (Fsp3) is 0.923. The Morgan fingerprint density at radius 3 is 2.50 bits per heavy atom. The molecular formula is C13H25NO4. The zero-order valence-corrected chi connectivity index (χ0v) is 11.9. The van der Waals surface area contributed by atoms with E-state index in [4.69, 9.17) is 13.6 Å². The van der Waals surface area contributed by atoms with Crippen molar-refractivity contribution in [2.45, 2.75) is 71.4 Å². The highest BCUT2D eigenvalue weighted by Gasteiger charge is 2.50. The van der Waals surface area contributed by atoms with E-state index in [1.807, 2.05) is 0 Å². The first kappa shape index (κ1) is 11.1. The summed E-state index contributed by atoms with van der Waals surface area (Å²) in [6.07, 6.45) is -0.709. The number of aliphatic hydroxyl groups is 1. The number of hydrogen-bond acceptors (Lipinski definition) is 4. The van der Waals surface area contributed by atoms with Crippen LogP contribution in [-0.4, -0.2) is 45.7 Å². The number of carbonyl (C=O) groups is 1. The summed E-state index contributed by atoms with van der Waals surface area (Å²) in [5.41, 5.74) is -3.88. The summed E-state index contributed by atoms with van der Waals surface area (Å²) in [6, 6.07) is -1.02. The third kappa shape index (κ3) is 3.36. The molecule has 0 unspecified atom stereocenters. The Balaban J connectivity index is 3.14. The Morgan fingerprint density at radius 1 is 1.50 bits per heavy atom. The van der Waals surface area contributed by atoms with E-state index in [0.717, 1.165) is 0 Å². The quantitative estimate of drug-likeness (QED) is 0.786. The van der Waals surface area contributed by atoms with Gasteiger partial charge in [0.2, 0.25) is 0 Å². The van der Waals surface area contributed by atoms with E-state index in [1.165, 1.54) is 11.8 Å². The summed E-state index contributed by atoms with van der Waals surface area (Å²) >= 11 is 0. The van der Waals surface area contributed by atoms with Crippen LogP contribution in [0.3, 0.4) is 0 Å². The predicted octanol–water partition coefficient (Wildman–Crippen LogP) is 2.13. The van der Waals surface area contributed by atoms with Crippen molar-refractivity contribution < 1.29 is 23.5 Å². The summed E-state index contributed by atoms with van der Waals surface area (Å²) < 4.78 is 33.3. The van der Waals surface area contributed by atoms with Crippen molar-refractivity contribution in [3.05, 3.63) is 0 Å². The molecule has 0 spiro atoms. The zero-order valence-electron chi connectivity index (χ0n) is 14.9. The Bertz CT molecular complexity index is 413. The van der Waals surface area contributed by atoms with Crippen LogP contribution in [0.2, 0.25) is 0 Å². The Hall–Kier alpha value is -0.810. The highest BCUT2D eigenvalue weighted by molar-refractivity contribution is 5.70. The Morgan fingerprint density at radius 2 is 2.06 bits per heavy atom. The van der Waals surface area contributed by atoms with Gasteiger partial charge < -0.3 is 14.6 Å². The fourth-order valence-electron chi connectivity index (χ4n) is 1.87. The minimum Gasteiger partial charge on any atom is -0.444 e. The molecule has 0 bridgehead atoms. The molecule has 1 amide bonds. The first-order valence-corrected chi connectivity index (χ1v) is 5.98. The maximum absolute atomic E-state index is 12.4. The van der Waals surface area contributed by atoms with E-state index in [0.29, 0.717) is 0 Å². The van der Waals surface area contributed by atoms with Crippen molar-refractivity contribution in [2.24, 2.45) is 0 Å². The molecule has 106 valence electrons. The summed E-state index contributed by atoms with van der Waals surface area (Å²) in [4.78, 5) is 13.6. The van der Waals surface area contributed by atoms with Crippen LogP contribution in [0.1, 0.15) is 52.5 Å². The van der Waals surface area contributed by atoms with Crippen molar-refractivity contribution in [2.75, 3.05) is 6.61 Å². The molecule has 1 fully saturated rings. The summed E-state index contributed by atoms with van der Waals surface area (Å²) in [5.74, 6) is 0. The second kappa shape index (κ2) is 4.38. The third-order valence-electron chi connectivity index (χ3n) is 2.73. The van der Waals surface area contributed by atoms with Crippen LogP contribution in [0.5, 0.6) is 0 Å². The van der Waals surface area contributed by atoms with Crippen molar-refractivity contribution in [3.8, 4) is 0 Å². The molecule has 0 aliphatic carbocycles. The van der Waals surface area contributed by atoms with Gasteiger partial charge in [-0.1, -0.05) is 0 Å². The van der Waals surface area contributed by atoms with Gasteiger partial charge in [0, 0.05) is 4.11 Å². The van der Waals surface area contributed by atoms with Crippen LogP contribution < -0.4 is 0 Å². The van der Waals surface area contributed by atoms with Gasteiger partial charge in [-0.05, 0) is 48.4 Å². The SMILES string of the molecule is [2H]C([2H])([2H])[C@](C)(O)[C@H]1COC(C)(C)N1C(=O)OC(C)(C)C. The van der Waals surface area contributed by atoms with Crippen molar-refractivity contribution in [3.63, 3.8) is 0 Å². The van der Waals surface area contributed by atoms with E-state index in [1.54, 1.807) is 34.6 Å². The van der Waals surface area contributed by atoms with Gasteiger partial charge in [0.05, 0.1) is 18.2 Å². The molecule has 1 aliphatic heterocycles. The zero-order chi connectivity index (χ0) is 16.9. The van der Waals surface area contributed by atoms with Crippen LogP contribution in [-0.2, 0) is 9.47 Å². The van der Waals surface area contributed by atoms with Crippen LogP contribution in [0.4, 0.5) is 4.79 Å². The highest BCUT2D eigenvalue weighted by Crippen LogP contribution is 2.34. The second-order valence-corrected chi connectivity index (χ2v) is 6.27. The molecule has 2 atom stereocenters. The molecule has 1 saturated heterocycles. The van der Waals surface area contributed by atoms with Gasteiger partial charge in [0.1, 0.15) is 11.3 Å². The molecule has 1 heterocycles. The maximum Gasteiger partial charge on any atom is 0.413 e. The molecule has 1 rings (SSSR count). The Kier molecular flexibility index (Phi) is 2.69. The van der Waals surface area contributed by atoms with E-state index in [2.05, 4.69) is 0 Å². The molecule has 1 aliphatic rings. The van der Waals surface area contributed by atoms with Gasteiger partial charge >= 0.3 is 6.09 Å². The van der Waals surface area contributed by atoms with Gasteiger partial charge in [-0.3, -0.25) is 4.90 Å². The summed E-state index contributed by atoms with van der Waals surface area (Å²) in [5, 5.41) is 10.4. The van der Waals surface area contributed by atoms with Gasteiger partial charge in [0.25, 0.3) is 0 Å². The average Bonchev–Trinajstić information content (AvgIpc) is 2.49. The molecule has 0 aromatic carbocycles. The smallest absolute Gasteiger partial charge is 0.413 e. The lowest BCUT2D eigenvalue weighted by Gasteiger charge is -2.38. The lowest BCUT2D eigenvalue weighted by atomic mass is 9.98. The molecule has 0 aromatic rings. The number of ether oxygens (including phenoxy) is 2. The third-order valence-corrected chi connectivity index (χ3v) is 2.73. The van der Waals surface area contributed by atoms with Gasteiger partial charge in [-0.15, -0.1) is 0 Å².